The van der Waals surface area contributed by atoms with E-state index in [4.69, 9.17) is 4.98 Å². The molecule has 0 aliphatic carbocycles. The summed E-state index contributed by atoms with van der Waals surface area (Å²) in [7, 11) is 0. The molecule has 104 valence electrons. The minimum Gasteiger partial charge on any atom is -0.356 e. The highest BCUT2D eigenvalue weighted by atomic mass is 15.2. The quantitative estimate of drug-likeness (QED) is 0.884. The van der Waals surface area contributed by atoms with E-state index in [1.54, 1.807) is 0 Å². The molecule has 2 fully saturated rings. The van der Waals surface area contributed by atoms with Gasteiger partial charge in [-0.1, -0.05) is 6.42 Å². The standard InChI is InChI=1S/C16H25N3/c1-13-11-14(15-7-3-4-8-17-15)12-18-16(13)19-9-5-2-6-10-19/h11-12,15,17H,2-10H2,1H3/t15-/m1/s1. The first kappa shape index (κ1) is 12.9. The van der Waals surface area contributed by atoms with Gasteiger partial charge >= 0.3 is 0 Å². The van der Waals surface area contributed by atoms with Gasteiger partial charge in [-0.15, -0.1) is 0 Å². The number of nitrogens with zero attached hydrogens (tertiary/aromatic N) is 2. The third-order valence-corrected chi connectivity index (χ3v) is 4.44. The van der Waals surface area contributed by atoms with E-state index >= 15 is 0 Å². The van der Waals surface area contributed by atoms with Crippen LogP contribution < -0.4 is 10.2 Å². The predicted octanol–water partition coefficient (Wildman–Crippen LogP) is 3.19. The van der Waals surface area contributed by atoms with Gasteiger partial charge < -0.3 is 10.2 Å². The predicted molar refractivity (Wildman–Crippen MR) is 79.6 cm³/mol. The monoisotopic (exact) mass is 259 g/mol. The van der Waals surface area contributed by atoms with Crippen LogP contribution in [0.15, 0.2) is 12.3 Å². The van der Waals surface area contributed by atoms with Crippen LogP contribution in [0.2, 0.25) is 0 Å². The Bertz CT molecular complexity index is 418. The van der Waals surface area contributed by atoms with E-state index in [1.807, 2.05) is 0 Å². The summed E-state index contributed by atoms with van der Waals surface area (Å²) in [6.07, 6.45) is 10.0. The molecule has 0 radical (unpaired) electrons. The van der Waals surface area contributed by atoms with Gasteiger partial charge in [0.25, 0.3) is 0 Å². The molecule has 1 aromatic rings. The number of nitrogens with one attached hydrogen (secondary N) is 1. The van der Waals surface area contributed by atoms with E-state index in [0.717, 1.165) is 6.54 Å². The Hall–Kier alpha value is -1.09. The molecule has 1 aromatic heterocycles. The molecule has 1 atom stereocenters. The number of piperidine rings is 2. The smallest absolute Gasteiger partial charge is 0.131 e. The minimum absolute atomic E-state index is 0.523. The van der Waals surface area contributed by atoms with Crippen molar-refractivity contribution in [1.82, 2.24) is 10.3 Å². The van der Waals surface area contributed by atoms with E-state index < -0.39 is 0 Å². The van der Waals surface area contributed by atoms with Crippen molar-refractivity contribution >= 4 is 5.82 Å². The third-order valence-electron chi connectivity index (χ3n) is 4.44. The van der Waals surface area contributed by atoms with Gasteiger partial charge in [-0.2, -0.15) is 0 Å². The second kappa shape index (κ2) is 5.91. The molecule has 0 spiro atoms. The normalized spacial score (nSPS) is 24.5. The highest BCUT2D eigenvalue weighted by Crippen LogP contribution is 2.27. The summed E-state index contributed by atoms with van der Waals surface area (Å²) < 4.78 is 0. The molecule has 19 heavy (non-hydrogen) atoms. The molecule has 0 amide bonds. The number of anilines is 1. The van der Waals surface area contributed by atoms with Crippen molar-refractivity contribution in [2.24, 2.45) is 0 Å². The molecule has 3 rings (SSSR count). The number of pyridine rings is 1. The molecular weight excluding hydrogens is 234 g/mol. The van der Waals surface area contributed by atoms with Gasteiger partial charge in [0.15, 0.2) is 0 Å². The van der Waals surface area contributed by atoms with Gasteiger partial charge in [-0.3, -0.25) is 0 Å². The van der Waals surface area contributed by atoms with Crippen molar-refractivity contribution < 1.29 is 0 Å². The molecule has 3 heterocycles. The number of aromatic nitrogens is 1. The first-order valence-electron chi connectivity index (χ1n) is 7.79. The molecular formula is C16H25N3. The first-order chi connectivity index (χ1) is 9.34. The number of aryl methyl sites for hydroxylation is 1. The van der Waals surface area contributed by atoms with Crippen molar-refractivity contribution in [2.75, 3.05) is 24.5 Å². The molecule has 0 saturated carbocycles. The average molecular weight is 259 g/mol. The zero-order chi connectivity index (χ0) is 13.1. The van der Waals surface area contributed by atoms with Crippen molar-refractivity contribution in [1.29, 1.82) is 0 Å². The van der Waals surface area contributed by atoms with Crippen LogP contribution in [0.5, 0.6) is 0 Å². The average Bonchev–Trinajstić information content (AvgIpc) is 2.49. The largest absolute Gasteiger partial charge is 0.356 e. The number of hydrogen-bond donors (Lipinski definition) is 1. The van der Waals surface area contributed by atoms with Crippen molar-refractivity contribution in [3.05, 3.63) is 23.4 Å². The van der Waals surface area contributed by atoms with E-state index in [1.165, 1.54) is 68.6 Å². The molecule has 2 aliphatic heterocycles. The number of hydrogen-bond acceptors (Lipinski definition) is 3. The van der Waals surface area contributed by atoms with Crippen LogP contribution in [0.3, 0.4) is 0 Å². The molecule has 1 N–H and O–H groups in total. The highest BCUT2D eigenvalue weighted by molar-refractivity contribution is 5.48. The molecule has 3 nitrogen and oxygen atoms in total. The summed E-state index contributed by atoms with van der Waals surface area (Å²) in [6, 6.07) is 2.87. The van der Waals surface area contributed by atoms with Crippen LogP contribution >= 0.6 is 0 Å². The molecule has 2 aliphatic rings. The van der Waals surface area contributed by atoms with Crippen LogP contribution in [-0.2, 0) is 0 Å². The maximum atomic E-state index is 4.76. The van der Waals surface area contributed by atoms with E-state index in [9.17, 15) is 0 Å². The maximum absolute atomic E-state index is 4.76. The number of rotatable bonds is 2. The van der Waals surface area contributed by atoms with Crippen molar-refractivity contribution in [3.63, 3.8) is 0 Å². The summed E-state index contributed by atoms with van der Waals surface area (Å²) in [4.78, 5) is 7.22. The summed E-state index contributed by atoms with van der Waals surface area (Å²) in [5.74, 6) is 1.21. The summed E-state index contributed by atoms with van der Waals surface area (Å²) >= 11 is 0. The Balaban J connectivity index is 1.76. The Morgan fingerprint density at radius 1 is 1.16 bits per heavy atom. The fraction of sp³-hybridized carbons (Fsp3) is 0.688. The topological polar surface area (TPSA) is 28.2 Å². The SMILES string of the molecule is Cc1cc([C@H]2CCCCN2)cnc1N1CCCCC1. The van der Waals surface area contributed by atoms with Gasteiger partial charge in [-0.25, -0.2) is 4.98 Å². The van der Waals surface area contributed by atoms with Gasteiger partial charge in [-0.05, 0) is 62.8 Å². The lowest BCUT2D eigenvalue weighted by atomic mass is 9.98. The van der Waals surface area contributed by atoms with Crippen molar-refractivity contribution in [2.45, 2.75) is 51.5 Å². The zero-order valence-corrected chi connectivity index (χ0v) is 12.0. The summed E-state index contributed by atoms with van der Waals surface area (Å²) in [5.41, 5.74) is 2.71. The molecule has 0 aromatic carbocycles. The molecule has 0 unspecified atom stereocenters. The van der Waals surface area contributed by atoms with Crippen LogP contribution in [0.1, 0.15) is 55.7 Å². The van der Waals surface area contributed by atoms with Crippen LogP contribution in [-0.4, -0.2) is 24.6 Å². The Kier molecular flexibility index (Phi) is 4.02. The Morgan fingerprint density at radius 2 is 2.00 bits per heavy atom. The first-order valence-corrected chi connectivity index (χ1v) is 7.79. The second-order valence-corrected chi connectivity index (χ2v) is 5.96. The lowest BCUT2D eigenvalue weighted by Gasteiger charge is -2.30. The fourth-order valence-electron chi connectivity index (χ4n) is 3.35. The van der Waals surface area contributed by atoms with Crippen LogP contribution in [0, 0.1) is 6.92 Å². The van der Waals surface area contributed by atoms with E-state index in [-0.39, 0.29) is 0 Å². The lowest BCUT2D eigenvalue weighted by molar-refractivity contribution is 0.411. The van der Waals surface area contributed by atoms with E-state index in [0.29, 0.717) is 6.04 Å². The highest BCUT2D eigenvalue weighted by Gasteiger charge is 2.18. The molecule has 0 bridgehead atoms. The Morgan fingerprint density at radius 3 is 2.68 bits per heavy atom. The van der Waals surface area contributed by atoms with Gasteiger partial charge in [0, 0.05) is 25.3 Å². The minimum atomic E-state index is 0.523. The fourth-order valence-corrected chi connectivity index (χ4v) is 3.35. The molecule has 2 saturated heterocycles. The zero-order valence-electron chi connectivity index (χ0n) is 12.0. The third kappa shape index (κ3) is 2.92. The summed E-state index contributed by atoms with van der Waals surface area (Å²) in [5, 5.41) is 3.61. The Labute approximate surface area is 116 Å². The van der Waals surface area contributed by atoms with Crippen molar-refractivity contribution in [3.8, 4) is 0 Å². The molecule has 3 heteroatoms. The van der Waals surface area contributed by atoms with Crippen LogP contribution in [0.4, 0.5) is 5.82 Å². The van der Waals surface area contributed by atoms with Gasteiger partial charge in [0.05, 0.1) is 0 Å². The summed E-state index contributed by atoms with van der Waals surface area (Å²) in [6.45, 7) is 5.71. The van der Waals surface area contributed by atoms with Gasteiger partial charge in [0.2, 0.25) is 0 Å². The van der Waals surface area contributed by atoms with Crippen LogP contribution in [0.25, 0.3) is 0 Å². The second-order valence-electron chi connectivity index (χ2n) is 5.96. The van der Waals surface area contributed by atoms with Gasteiger partial charge in [0.1, 0.15) is 5.82 Å². The van der Waals surface area contributed by atoms with E-state index in [2.05, 4.69) is 29.4 Å². The lowest BCUT2D eigenvalue weighted by Crippen LogP contribution is -2.31. The maximum Gasteiger partial charge on any atom is 0.131 e.